The minimum absolute atomic E-state index is 0.130. The lowest BCUT2D eigenvalue weighted by molar-refractivity contribution is -0.0403. The molecule has 21 heavy (non-hydrogen) atoms. The van der Waals surface area contributed by atoms with Gasteiger partial charge >= 0.3 is 0 Å². The van der Waals surface area contributed by atoms with Gasteiger partial charge in [-0.05, 0) is 38.1 Å². The molecule has 0 bridgehead atoms. The molecule has 116 valence electrons. The van der Waals surface area contributed by atoms with E-state index in [9.17, 15) is 8.78 Å². The molecule has 2 fully saturated rings. The van der Waals surface area contributed by atoms with Gasteiger partial charge in [0.25, 0.3) is 5.92 Å². The van der Waals surface area contributed by atoms with Gasteiger partial charge in [-0.2, -0.15) is 8.78 Å². The zero-order valence-corrected chi connectivity index (χ0v) is 12.4. The SMILES string of the molecule is FC(F)(CN(CC1CC1)CC1CCCN1)c1ccccc1. The van der Waals surface area contributed by atoms with Crippen molar-refractivity contribution in [1.82, 2.24) is 10.2 Å². The quantitative estimate of drug-likeness (QED) is 0.830. The molecule has 1 atom stereocenters. The Labute approximate surface area is 125 Å². The molecule has 1 aromatic rings. The predicted octanol–water partition coefficient (Wildman–Crippen LogP) is 3.24. The molecule has 1 N–H and O–H groups in total. The maximum atomic E-state index is 14.5. The molecule has 2 aliphatic rings. The first kappa shape index (κ1) is 14.9. The standard InChI is InChI=1S/C17H24F2N2/c18-17(19,15-5-2-1-3-6-15)13-21(11-14-8-9-14)12-16-7-4-10-20-16/h1-3,5-6,14,16,20H,4,7-13H2. The van der Waals surface area contributed by atoms with Crippen LogP contribution in [-0.4, -0.2) is 37.1 Å². The van der Waals surface area contributed by atoms with Crippen molar-refractivity contribution in [1.29, 1.82) is 0 Å². The second kappa shape index (κ2) is 6.41. The van der Waals surface area contributed by atoms with Crippen LogP contribution in [0.2, 0.25) is 0 Å². The number of rotatable bonds is 7. The Morgan fingerprint density at radius 1 is 1.10 bits per heavy atom. The molecule has 1 aliphatic carbocycles. The van der Waals surface area contributed by atoms with Crippen LogP contribution in [0.1, 0.15) is 31.2 Å². The number of hydrogen-bond donors (Lipinski definition) is 1. The number of alkyl halides is 2. The van der Waals surface area contributed by atoms with Crippen molar-refractivity contribution < 1.29 is 8.78 Å². The molecule has 0 aromatic heterocycles. The summed E-state index contributed by atoms with van der Waals surface area (Å²) in [6.45, 7) is 2.43. The second-order valence-corrected chi connectivity index (χ2v) is 6.50. The minimum Gasteiger partial charge on any atom is -0.313 e. The highest BCUT2D eigenvalue weighted by atomic mass is 19.3. The maximum Gasteiger partial charge on any atom is 0.285 e. The average Bonchev–Trinajstić information content (AvgIpc) is 3.13. The van der Waals surface area contributed by atoms with E-state index in [-0.39, 0.29) is 12.1 Å². The molecule has 0 amide bonds. The lowest BCUT2D eigenvalue weighted by atomic mass is 10.1. The number of nitrogens with zero attached hydrogens (tertiary/aromatic N) is 1. The van der Waals surface area contributed by atoms with Gasteiger partial charge in [-0.15, -0.1) is 0 Å². The first-order valence-electron chi connectivity index (χ1n) is 8.02. The number of nitrogens with one attached hydrogen (secondary N) is 1. The van der Waals surface area contributed by atoms with Crippen molar-refractivity contribution in [2.75, 3.05) is 26.2 Å². The first-order chi connectivity index (χ1) is 10.1. The van der Waals surface area contributed by atoms with Crippen LogP contribution in [0.3, 0.4) is 0 Å². The predicted molar refractivity (Wildman–Crippen MR) is 80.5 cm³/mol. The Bertz CT molecular complexity index is 439. The zero-order valence-electron chi connectivity index (χ0n) is 12.4. The molecule has 1 aromatic carbocycles. The fourth-order valence-electron chi connectivity index (χ4n) is 3.15. The van der Waals surface area contributed by atoms with Gasteiger partial charge in [-0.3, -0.25) is 4.90 Å². The topological polar surface area (TPSA) is 15.3 Å². The Hall–Kier alpha value is -1.00. The molecule has 2 nitrogen and oxygen atoms in total. The molecule has 1 saturated carbocycles. The van der Waals surface area contributed by atoms with E-state index >= 15 is 0 Å². The highest BCUT2D eigenvalue weighted by Crippen LogP contribution is 2.33. The highest BCUT2D eigenvalue weighted by molar-refractivity contribution is 5.20. The Morgan fingerprint density at radius 2 is 1.86 bits per heavy atom. The van der Waals surface area contributed by atoms with Crippen molar-refractivity contribution in [2.45, 2.75) is 37.6 Å². The fourth-order valence-corrected chi connectivity index (χ4v) is 3.15. The van der Waals surface area contributed by atoms with Crippen LogP contribution in [0.25, 0.3) is 0 Å². The minimum atomic E-state index is -2.77. The second-order valence-electron chi connectivity index (χ2n) is 6.50. The van der Waals surface area contributed by atoms with Crippen LogP contribution in [0.5, 0.6) is 0 Å². The molecule has 1 aliphatic heterocycles. The third-order valence-corrected chi connectivity index (χ3v) is 4.47. The van der Waals surface area contributed by atoms with E-state index in [2.05, 4.69) is 5.32 Å². The smallest absolute Gasteiger partial charge is 0.285 e. The first-order valence-corrected chi connectivity index (χ1v) is 8.02. The van der Waals surface area contributed by atoms with E-state index < -0.39 is 5.92 Å². The van der Waals surface area contributed by atoms with E-state index in [1.807, 2.05) is 4.90 Å². The summed E-state index contributed by atoms with van der Waals surface area (Å²) in [6.07, 6.45) is 4.67. The van der Waals surface area contributed by atoms with Gasteiger partial charge in [0.2, 0.25) is 0 Å². The van der Waals surface area contributed by atoms with Crippen LogP contribution < -0.4 is 5.32 Å². The van der Waals surface area contributed by atoms with Crippen molar-refractivity contribution in [2.24, 2.45) is 5.92 Å². The Balaban J connectivity index is 1.64. The van der Waals surface area contributed by atoms with Crippen molar-refractivity contribution >= 4 is 0 Å². The molecule has 0 spiro atoms. The van der Waals surface area contributed by atoms with Gasteiger partial charge in [0.15, 0.2) is 0 Å². The number of hydrogen-bond acceptors (Lipinski definition) is 2. The molecule has 0 radical (unpaired) electrons. The number of benzene rings is 1. The van der Waals surface area contributed by atoms with Gasteiger partial charge < -0.3 is 5.32 Å². The van der Waals surface area contributed by atoms with E-state index in [4.69, 9.17) is 0 Å². The summed E-state index contributed by atoms with van der Waals surface area (Å²) in [5.41, 5.74) is 0.130. The van der Waals surface area contributed by atoms with Gasteiger partial charge in [-0.1, -0.05) is 30.3 Å². The summed E-state index contributed by atoms with van der Waals surface area (Å²) in [4.78, 5) is 1.98. The third-order valence-electron chi connectivity index (χ3n) is 4.47. The summed E-state index contributed by atoms with van der Waals surface area (Å²) in [5.74, 6) is -2.13. The normalized spacial score (nSPS) is 22.9. The van der Waals surface area contributed by atoms with Gasteiger partial charge in [0.1, 0.15) is 0 Å². The lowest BCUT2D eigenvalue weighted by Crippen LogP contribution is -2.43. The maximum absolute atomic E-state index is 14.5. The molecular formula is C17H24F2N2. The summed E-state index contributed by atoms with van der Waals surface area (Å²) < 4.78 is 29.0. The lowest BCUT2D eigenvalue weighted by Gasteiger charge is -2.29. The van der Waals surface area contributed by atoms with Crippen molar-refractivity contribution in [3.63, 3.8) is 0 Å². The Morgan fingerprint density at radius 3 is 2.48 bits per heavy atom. The zero-order chi connectivity index (χ0) is 14.7. The van der Waals surface area contributed by atoms with Crippen LogP contribution in [0.4, 0.5) is 8.78 Å². The van der Waals surface area contributed by atoms with E-state index in [0.717, 1.165) is 32.5 Å². The van der Waals surface area contributed by atoms with Crippen LogP contribution in [0, 0.1) is 5.92 Å². The monoisotopic (exact) mass is 294 g/mol. The van der Waals surface area contributed by atoms with Gasteiger partial charge in [0.05, 0.1) is 6.54 Å². The van der Waals surface area contributed by atoms with Gasteiger partial charge in [-0.25, -0.2) is 0 Å². The molecule has 1 unspecified atom stereocenters. The van der Waals surface area contributed by atoms with E-state index in [1.54, 1.807) is 18.2 Å². The van der Waals surface area contributed by atoms with E-state index in [0.29, 0.717) is 12.0 Å². The highest BCUT2D eigenvalue weighted by Gasteiger charge is 2.36. The summed E-state index contributed by atoms with van der Waals surface area (Å²) >= 11 is 0. The molecule has 1 saturated heterocycles. The summed E-state index contributed by atoms with van der Waals surface area (Å²) in [5, 5.41) is 3.42. The largest absolute Gasteiger partial charge is 0.313 e. The van der Waals surface area contributed by atoms with Crippen molar-refractivity contribution in [3.05, 3.63) is 35.9 Å². The molecule has 3 rings (SSSR count). The number of halogens is 2. The van der Waals surface area contributed by atoms with E-state index in [1.165, 1.54) is 25.0 Å². The average molecular weight is 294 g/mol. The van der Waals surface area contributed by atoms with Crippen LogP contribution in [-0.2, 0) is 5.92 Å². The summed E-state index contributed by atoms with van der Waals surface area (Å²) in [7, 11) is 0. The molecular weight excluding hydrogens is 270 g/mol. The van der Waals surface area contributed by atoms with Crippen molar-refractivity contribution in [3.8, 4) is 0 Å². The molecule has 1 heterocycles. The van der Waals surface area contributed by atoms with Gasteiger partial charge in [0, 0.05) is 24.7 Å². The fraction of sp³-hybridized carbons (Fsp3) is 0.647. The van der Waals surface area contributed by atoms with Crippen LogP contribution in [0.15, 0.2) is 30.3 Å². The molecule has 4 heteroatoms. The summed E-state index contributed by atoms with van der Waals surface area (Å²) in [6, 6.07) is 8.60. The third kappa shape index (κ3) is 4.24. The Kier molecular flexibility index (Phi) is 4.55. The van der Waals surface area contributed by atoms with Crippen LogP contribution >= 0.6 is 0 Å².